The Bertz CT molecular complexity index is 278. The van der Waals surface area contributed by atoms with E-state index in [-0.39, 0.29) is 12.9 Å². The molecule has 0 radical (unpaired) electrons. The summed E-state index contributed by atoms with van der Waals surface area (Å²) in [4.78, 5) is 0. The fourth-order valence-corrected chi connectivity index (χ4v) is 1.37. The summed E-state index contributed by atoms with van der Waals surface area (Å²) in [5, 5.41) is 7.43. The van der Waals surface area contributed by atoms with Gasteiger partial charge in [0, 0.05) is 7.11 Å². The highest BCUT2D eigenvalue weighted by Gasteiger charge is 2.34. The van der Waals surface area contributed by atoms with Gasteiger partial charge in [-0.3, -0.25) is 5.41 Å². The number of halogens is 3. The van der Waals surface area contributed by atoms with E-state index < -0.39 is 15.8 Å². The predicted molar refractivity (Wildman–Crippen MR) is 63.4 cm³/mol. The van der Waals surface area contributed by atoms with E-state index in [1.807, 2.05) is 6.08 Å². The lowest BCUT2D eigenvalue weighted by atomic mass is 10.2. The Morgan fingerprint density at radius 2 is 2.19 bits per heavy atom. The molecule has 0 bridgehead atoms. The van der Waals surface area contributed by atoms with E-state index >= 15 is 0 Å². The summed E-state index contributed by atoms with van der Waals surface area (Å²) in [7, 11) is 1.53. The van der Waals surface area contributed by atoms with Gasteiger partial charge in [0.25, 0.3) is 3.79 Å². The molecule has 2 atom stereocenters. The Balaban J connectivity index is 2.46. The maximum absolute atomic E-state index is 7.43. The summed E-state index contributed by atoms with van der Waals surface area (Å²) >= 11 is 16.5. The molecule has 0 saturated carbocycles. The summed E-state index contributed by atoms with van der Waals surface area (Å²) in [5.41, 5.74) is 0. The van der Waals surface area contributed by atoms with E-state index in [1.165, 1.54) is 7.11 Å². The monoisotopic (exact) mass is 287 g/mol. The van der Waals surface area contributed by atoms with E-state index in [0.717, 1.165) is 0 Å². The van der Waals surface area contributed by atoms with E-state index in [4.69, 9.17) is 54.4 Å². The molecule has 0 amide bonds. The topological polar surface area (TPSA) is 51.5 Å². The van der Waals surface area contributed by atoms with Gasteiger partial charge in [-0.25, -0.2) is 0 Å². The molecule has 0 fully saturated rings. The molecule has 0 unspecified atom stereocenters. The van der Waals surface area contributed by atoms with Crippen molar-refractivity contribution in [1.82, 2.24) is 0 Å². The molecule has 1 N–H and O–H groups in total. The number of nitrogens with one attached hydrogen (secondary N) is 1. The van der Waals surface area contributed by atoms with Crippen molar-refractivity contribution >= 4 is 40.7 Å². The van der Waals surface area contributed by atoms with Gasteiger partial charge in [-0.2, -0.15) is 0 Å². The Kier molecular flexibility index (Phi) is 5.34. The van der Waals surface area contributed by atoms with Crippen LogP contribution in [0.25, 0.3) is 0 Å². The van der Waals surface area contributed by atoms with Gasteiger partial charge < -0.3 is 14.2 Å². The zero-order valence-corrected chi connectivity index (χ0v) is 10.9. The lowest BCUT2D eigenvalue weighted by Crippen LogP contribution is -2.33. The lowest BCUT2D eigenvalue weighted by Gasteiger charge is -2.23. The van der Waals surface area contributed by atoms with Crippen LogP contribution in [0.3, 0.4) is 0 Å². The van der Waals surface area contributed by atoms with Crippen LogP contribution in [0.4, 0.5) is 0 Å². The van der Waals surface area contributed by atoms with Crippen molar-refractivity contribution in [2.45, 2.75) is 22.4 Å². The number of methoxy groups -OCH3 is 1. The van der Waals surface area contributed by atoms with Crippen LogP contribution in [0.5, 0.6) is 0 Å². The Labute approximate surface area is 109 Å². The van der Waals surface area contributed by atoms with E-state index in [2.05, 4.69) is 0 Å². The molecule has 0 saturated heterocycles. The second kappa shape index (κ2) is 6.07. The van der Waals surface area contributed by atoms with Crippen LogP contribution in [0.1, 0.15) is 6.42 Å². The summed E-state index contributed by atoms with van der Waals surface area (Å²) in [6.45, 7) is 0.160. The highest BCUT2D eigenvalue weighted by Crippen LogP contribution is 2.30. The number of ether oxygens (including phenoxy) is 3. The van der Waals surface area contributed by atoms with E-state index in [1.54, 1.807) is 6.08 Å². The second-order valence-electron chi connectivity index (χ2n) is 3.18. The molecule has 1 rings (SSSR count). The zero-order chi connectivity index (χ0) is 12.2. The van der Waals surface area contributed by atoms with Gasteiger partial charge in [-0.05, 0) is 12.5 Å². The van der Waals surface area contributed by atoms with Crippen molar-refractivity contribution in [3.05, 3.63) is 12.2 Å². The number of rotatable bonds is 4. The second-order valence-corrected chi connectivity index (χ2v) is 5.47. The van der Waals surface area contributed by atoms with Crippen molar-refractivity contribution in [3.63, 3.8) is 0 Å². The Morgan fingerprint density at radius 3 is 2.75 bits per heavy atom. The number of alkyl halides is 3. The first kappa shape index (κ1) is 14.1. The minimum absolute atomic E-state index is 0.160. The maximum Gasteiger partial charge on any atom is 0.265 e. The maximum atomic E-state index is 7.43. The Hall–Kier alpha value is -0.000000000000000111. The molecule has 0 aliphatic heterocycles. The molecule has 0 heterocycles. The van der Waals surface area contributed by atoms with Crippen LogP contribution in [0, 0.1) is 5.41 Å². The van der Waals surface area contributed by atoms with Crippen LogP contribution < -0.4 is 0 Å². The van der Waals surface area contributed by atoms with Crippen molar-refractivity contribution < 1.29 is 14.2 Å². The average molecular weight is 289 g/mol. The molecule has 0 aromatic rings. The molecule has 16 heavy (non-hydrogen) atoms. The van der Waals surface area contributed by atoms with Crippen LogP contribution in [0.2, 0.25) is 0 Å². The normalized spacial score (nSPS) is 24.8. The first-order chi connectivity index (χ1) is 7.45. The van der Waals surface area contributed by atoms with Gasteiger partial charge >= 0.3 is 0 Å². The lowest BCUT2D eigenvalue weighted by molar-refractivity contribution is -0.0940. The Morgan fingerprint density at radius 1 is 1.50 bits per heavy atom. The van der Waals surface area contributed by atoms with Crippen LogP contribution in [0.15, 0.2) is 12.2 Å². The average Bonchev–Trinajstić information content (AvgIpc) is 2.61. The highest BCUT2D eigenvalue weighted by molar-refractivity contribution is 6.76. The minimum atomic E-state index is -1.85. The summed E-state index contributed by atoms with van der Waals surface area (Å²) < 4.78 is 13.5. The first-order valence-electron chi connectivity index (χ1n) is 4.54. The summed E-state index contributed by atoms with van der Waals surface area (Å²) in [6, 6.07) is 0. The quantitative estimate of drug-likeness (QED) is 0.284. The van der Waals surface area contributed by atoms with Gasteiger partial charge in [-0.1, -0.05) is 40.9 Å². The molecule has 0 spiro atoms. The van der Waals surface area contributed by atoms with Gasteiger partial charge in [-0.15, -0.1) is 0 Å². The van der Waals surface area contributed by atoms with Crippen molar-refractivity contribution in [1.29, 1.82) is 5.41 Å². The molecule has 0 aromatic heterocycles. The fraction of sp³-hybridized carbons (Fsp3) is 0.667. The van der Waals surface area contributed by atoms with E-state index in [0.29, 0.717) is 6.42 Å². The van der Waals surface area contributed by atoms with E-state index in [9.17, 15) is 0 Å². The zero-order valence-electron chi connectivity index (χ0n) is 8.58. The van der Waals surface area contributed by atoms with Crippen LogP contribution in [-0.2, 0) is 14.2 Å². The molecule has 0 aromatic carbocycles. The largest absolute Gasteiger partial charge is 0.468 e. The molecule has 4 nitrogen and oxygen atoms in total. The first-order valence-corrected chi connectivity index (χ1v) is 5.68. The molecule has 1 aliphatic rings. The van der Waals surface area contributed by atoms with Gasteiger partial charge in [0.15, 0.2) is 0 Å². The van der Waals surface area contributed by atoms with Crippen molar-refractivity contribution in [3.8, 4) is 0 Å². The third-order valence-corrected chi connectivity index (χ3v) is 2.49. The molecular formula is C9H12Cl3NO3. The van der Waals surface area contributed by atoms with Crippen molar-refractivity contribution in [2.24, 2.45) is 0 Å². The number of hydrogen-bond donors (Lipinski definition) is 1. The molecule has 1 aliphatic carbocycles. The molecular weight excluding hydrogens is 276 g/mol. The van der Waals surface area contributed by atoms with Crippen LogP contribution >= 0.6 is 34.8 Å². The number of hydrogen-bond acceptors (Lipinski definition) is 4. The fourth-order valence-electron chi connectivity index (χ4n) is 1.24. The highest BCUT2D eigenvalue weighted by atomic mass is 35.6. The van der Waals surface area contributed by atoms with Gasteiger partial charge in [0.1, 0.15) is 19.0 Å². The van der Waals surface area contributed by atoms with Crippen molar-refractivity contribution in [2.75, 3.05) is 13.9 Å². The molecule has 92 valence electrons. The minimum Gasteiger partial charge on any atom is -0.468 e. The van der Waals surface area contributed by atoms with Crippen LogP contribution in [-0.4, -0.2) is 35.8 Å². The third-order valence-electron chi connectivity index (χ3n) is 1.97. The van der Waals surface area contributed by atoms with Gasteiger partial charge in [0.05, 0.1) is 0 Å². The smallest absolute Gasteiger partial charge is 0.265 e. The summed E-state index contributed by atoms with van der Waals surface area (Å²) in [6.07, 6.45) is 3.70. The summed E-state index contributed by atoms with van der Waals surface area (Å²) in [5.74, 6) is -0.417. The standard InChI is InChI=1S/C9H12Cl3NO3/c1-14-5-15-6-3-2-4-7(6)16-8(13)9(10,11)12/h2,4,6-7,13H,3,5H2,1H3/t6-,7-/m1/s1. The van der Waals surface area contributed by atoms with Gasteiger partial charge in [0.2, 0.25) is 5.90 Å². The predicted octanol–water partition coefficient (Wildman–Crippen LogP) is 2.67. The third kappa shape index (κ3) is 4.11. The SMILES string of the molecule is COCO[C@@H]1CC=C[C@H]1OC(=N)C(Cl)(Cl)Cl. The molecule has 7 heteroatoms.